The molecule has 2 atom stereocenters. The zero-order valence-corrected chi connectivity index (χ0v) is 8.22. The van der Waals surface area contributed by atoms with Gasteiger partial charge in [0, 0.05) is 12.8 Å². The van der Waals surface area contributed by atoms with Gasteiger partial charge in [0.05, 0.1) is 0 Å². The molecule has 0 unspecified atom stereocenters. The molecule has 0 spiro atoms. The van der Waals surface area contributed by atoms with Gasteiger partial charge in [0.1, 0.15) is 5.78 Å². The average molecular weight is 178 g/mol. The van der Waals surface area contributed by atoms with Crippen LogP contribution in [0.4, 0.5) is 0 Å². The number of carbonyl (C=O) groups excluding carboxylic acids is 1. The standard InChI is InChI=1S/C12H18O/c1-2-3-6-12-7-4-5-10(12)8-11(13)9-12/h2,10H,1,3-9H2/t10-,12+/m0/s1. The lowest BCUT2D eigenvalue weighted by Gasteiger charge is -2.27. The van der Waals surface area contributed by atoms with E-state index in [1.54, 1.807) is 0 Å². The Labute approximate surface area is 80.2 Å². The molecule has 0 saturated heterocycles. The van der Waals surface area contributed by atoms with Crippen LogP contribution in [0, 0.1) is 11.3 Å². The summed E-state index contributed by atoms with van der Waals surface area (Å²) in [7, 11) is 0. The topological polar surface area (TPSA) is 17.1 Å². The molecule has 2 fully saturated rings. The van der Waals surface area contributed by atoms with Crippen molar-refractivity contribution >= 4 is 5.78 Å². The fraction of sp³-hybridized carbons (Fsp3) is 0.750. The molecule has 2 aliphatic carbocycles. The number of fused-ring (bicyclic) bond motifs is 1. The van der Waals surface area contributed by atoms with E-state index >= 15 is 0 Å². The lowest BCUT2D eigenvalue weighted by atomic mass is 9.76. The fourth-order valence-corrected chi connectivity index (χ4v) is 3.31. The third kappa shape index (κ3) is 1.45. The maximum absolute atomic E-state index is 11.4. The van der Waals surface area contributed by atoms with Crippen molar-refractivity contribution in [1.82, 2.24) is 0 Å². The molecule has 0 aliphatic heterocycles. The zero-order chi connectivity index (χ0) is 9.31. The molecule has 2 saturated carbocycles. The normalized spacial score (nSPS) is 37.8. The molecule has 72 valence electrons. The smallest absolute Gasteiger partial charge is 0.133 e. The number of carbonyl (C=O) groups is 1. The lowest BCUT2D eigenvalue weighted by Crippen LogP contribution is -2.19. The van der Waals surface area contributed by atoms with Crippen molar-refractivity contribution in [3.63, 3.8) is 0 Å². The van der Waals surface area contributed by atoms with Crippen LogP contribution in [0.25, 0.3) is 0 Å². The molecule has 0 radical (unpaired) electrons. The van der Waals surface area contributed by atoms with Gasteiger partial charge in [-0.05, 0) is 37.0 Å². The second-order valence-electron chi connectivity index (χ2n) is 4.70. The van der Waals surface area contributed by atoms with Crippen LogP contribution in [0.3, 0.4) is 0 Å². The number of hydrogen-bond donors (Lipinski definition) is 0. The molecule has 0 aromatic rings. The van der Waals surface area contributed by atoms with Gasteiger partial charge in [0.2, 0.25) is 0 Å². The summed E-state index contributed by atoms with van der Waals surface area (Å²) in [6.45, 7) is 3.77. The molecule has 1 nitrogen and oxygen atoms in total. The van der Waals surface area contributed by atoms with E-state index in [1.165, 1.54) is 25.7 Å². The summed E-state index contributed by atoms with van der Waals surface area (Å²) in [5, 5.41) is 0. The Bertz CT molecular complexity index is 231. The highest BCUT2D eigenvalue weighted by Gasteiger charge is 2.48. The highest BCUT2D eigenvalue weighted by atomic mass is 16.1. The summed E-state index contributed by atoms with van der Waals surface area (Å²) in [4.78, 5) is 11.4. The Kier molecular flexibility index (Phi) is 2.27. The zero-order valence-electron chi connectivity index (χ0n) is 8.22. The van der Waals surface area contributed by atoms with E-state index in [-0.39, 0.29) is 0 Å². The summed E-state index contributed by atoms with van der Waals surface area (Å²) in [5.41, 5.74) is 0.408. The Morgan fingerprint density at radius 3 is 3.23 bits per heavy atom. The summed E-state index contributed by atoms with van der Waals surface area (Å²) in [5.74, 6) is 1.23. The van der Waals surface area contributed by atoms with Crippen LogP contribution in [0.15, 0.2) is 12.7 Å². The maximum Gasteiger partial charge on any atom is 0.133 e. The third-order valence-corrected chi connectivity index (χ3v) is 3.96. The minimum atomic E-state index is 0.408. The Hall–Kier alpha value is -0.590. The molecular formula is C12H18O. The van der Waals surface area contributed by atoms with E-state index in [0.717, 1.165) is 25.2 Å². The Morgan fingerprint density at radius 2 is 2.46 bits per heavy atom. The largest absolute Gasteiger partial charge is 0.300 e. The molecule has 0 aromatic carbocycles. The molecule has 0 heterocycles. The highest BCUT2D eigenvalue weighted by molar-refractivity contribution is 5.82. The van der Waals surface area contributed by atoms with Gasteiger partial charge in [0.15, 0.2) is 0 Å². The summed E-state index contributed by atoms with van der Waals surface area (Å²) >= 11 is 0. The van der Waals surface area contributed by atoms with E-state index in [1.807, 2.05) is 6.08 Å². The van der Waals surface area contributed by atoms with Gasteiger partial charge < -0.3 is 0 Å². The van der Waals surface area contributed by atoms with E-state index in [4.69, 9.17) is 0 Å². The molecule has 0 aromatic heterocycles. The third-order valence-electron chi connectivity index (χ3n) is 3.96. The van der Waals surface area contributed by atoms with Gasteiger partial charge in [-0.2, -0.15) is 0 Å². The van der Waals surface area contributed by atoms with Crippen LogP contribution < -0.4 is 0 Å². The van der Waals surface area contributed by atoms with Gasteiger partial charge in [-0.15, -0.1) is 6.58 Å². The second kappa shape index (κ2) is 3.28. The van der Waals surface area contributed by atoms with Crippen molar-refractivity contribution in [3.8, 4) is 0 Å². The molecule has 2 rings (SSSR count). The summed E-state index contributed by atoms with van der Waals surface area (Å²) in [6.07, 6.45) is 9.95. The van der Waals surface area contributed by atoms with Crippen molar-refractivity contribution in [3.05, 3.63) is 12.7 Å². The Balaban J connectivity index is 2.08. The number of hydrogen-bond acceptors (Lipinski definition) is 1. The predicted molar refractivity (Wildman–Crippen MR) is 53.4 cm³/mol. The summed E-state index contributed by atoms with van der Waals surface area (Å²) in [6, 6.07) is 0. The number of Topliss-reactive ketones (excluding diaryl/α,β-unsaturated/α-hetero) is 1. The van der Waals surface area contributed by atoms with Crippen molar-refractivity contribution in [2.45, 2.75) is 44.9 Å². The lowest BCUT2D eigenvalue weighted by molar-refractivity contribution is -0.118. The van der Waals surface area contributed by atoms with Crippen molar-refractivity contribution in [2.75, 3.05) is 0 Å². The first-order chi connectivity index (χ1) is 6.27. The van der Waals surface area contributed by atoms with E-state index in [2.05, 4.69) is 6.58 Å². The van der Waals surface area contributed by atoms with Gasteiger partial charge in [-0.1, -0.05) is 12.5 Å². The van der Waals surface area contributed by atoms with E-state index in [9.17, 15) is 4.79 Å². The minimum Gasteiger partial charge on any atom is -0.300 e. The number of ketones is 1. The van der Waals surface area contributed by atoms with Crippen molar-refractivity contribution < 1.29 is 4.79 Å². The Morgan fingerprint density at radius 1 is 1.62 bits per heavy atom. The quantitative estimate of drug-likeness (QED) is 0.607. The van der Waals surface area contributed by atoms with Gasteiger partial charge in [-0.25, -0.2) is 0 Å². The van der Waals surface area contributed by atoms with Crippen molar-refractivity contribution in [2.24, 2.45) is 11.3 Å². The number of rotatable bonds is 3. The van der Waals surface area contributed by atoms with Crippen LogP contribution in [0.2, 0.25) is 0 Å². The van der Waals surface area contributed by atoms with Crippen molar-refractivity contribution in [1.29, 1.82) is 0 Å². The van der Waals surface area contributed by atoms with E-state index in [0.29, 0.717) is 11.2 Å². The first-order valence-electron chi connectivity index (χ1n) is 5.39. The van der Waals surface area contributed by atoms with Gasteiger partial charge >= 0.3 is 0 Å². The van der Waals surface area contributed by atoms with Crippen LogP contribution in [0.5, 0.6) is 0 Å². The number of allylic oxidation sites excluding steroid dienone is 1. The molecule has 0 amide bonds. The predicted octanol–water partition coefficient (Wildman–Crippen LogP) is 3.10. The van der Waals surface area contributed by atoms with Crippen LogP contribution >= 0.6 is 0 Å². The van der Waals surface area contributed by atoms with Crippen LogP contribution in [0.1, 0.15) is 44.9 Å². The fourth-order valence-electron chi connectivity index (χ4n) is 3.31. The molecule has 2 aliphatic rings. The highest BCUT2D eigenvalue weighted by Crippen LogP contribution is 2.55. The van der Waals surface area contributed by atoms with E-state index < -0.39 is 0 Å². The van der Waals surface area contributed by atoms with Crippen LogP contribution in [-0.2, 0) is 4.79 Å². The second-order valence-corrected chi connectivity index (χ2v) is 4.70. The molecule has 0 bridgehead atoms. The molecule has 1 heteroatoms. The first-order valence-corrected chi connectivity index (χ1v) is 5.39. The van der Waals surface area contributed by atoms with Gasteiger partial charge in [-0.3, -0.25) is 4.79 Å². The molecule has 13 heavy (non-hydrogen) atoms. The molecule has 0 N–H and O–H groups in total. The average Bonchev–Trinajstić information content (AvgIpc) is 2.57. The monoisotopic (exact) mass is 178 g/mol. The summed E-state index contributed by atoms with van der Waals surface area (Å²) < 4.78 is 0. The first kappa shape index (κ1) is 8.98. The van der Waals surface area contributed by atoms with Gasteiger partial charge in [0.25, 0.3) is 0 Å². The maximum atomic E-state index is 11.4. The molecular weight excluding hydrogens is 160 g/mol. The SMILES string of the molecule is C=CCC[C@]12CCC[C@H]1CC(=O)C2. The minimum absolute atomic E-state index is 0.408. The van der Waals surface area contributed by atoms with Crippen LogP contribution in [-0.4, -0.2) is 5.78 Å².